The van der Waals surface area contributed by atoms with Crippen LogP contribution in [0.25, 0.3) is 0 Å². The number of aliphatic imine (C=N–C) groups is 1. The first kappa shape index (κ1) is 9.25. The largest absolute Gasteiger partial charge is 0.342 e. The van der Waals surface area contributed by atoms with Crippen molar-refractivity contribution in [2.24, 2.45) is 22.7 Å². The molecule has 1 saturated heterocycles. The summed E-state index contributed by atoms with van der Waals surface area (Å²) in [6.07, 6.45) is 3.24. The van der Waals surface area contributed by atoms with Crippen LogP contribution in [0.1, 0.15) is 20.3 Å². The highest BCUT2D eigenvalue weighted by Crippen LogP contribution is 2.51. The summed E-state index contributed by atoms with van der Waals surface area (Å²) in [5.74, 6) is 3.97. The van der Waals surface area contributed by atoms with Crippen molar-refractivity contribution in [2.75, 3.05) is 19.6 Å². The molecule has 0 amide bonds. The van der Waals surface area contributed by atoms with Gasteiger partial charge in [0.1, 0.15) is 0 Å². The number of hydrogen-bond donors (Lipinski definition) is 1. The maximum Gasteiger partial charge on any atom is 0.198 e. The Labute approximate surface area is 91.3 Å². The predicted molar refractivity (Wildman–Crippen MR) is 61.5 cm³/mol. The SMILES string of the molecule is CCC1=CNC(N2CC3C(C)[C@@H]3C2)=NC1. The zero-order valence-electron chi connectivity index (χ0n) is 9.53. The maximum absolute atomic E-state index is 4.61. The topological polar surface area (TPSA) is 27.6 Å². The Morgan fingerprint density at radius 2 is 2.20 bits per heavy atom. The van der Waals surface area contributed by atoms with Crippen LogP contribution in [0.15, 0.2) is 16.8 Å². The van der Waals surface area contributed by atoms with Gasteiger partial charge in [-0.1, -0.05) is 13.8 Å². The van der Waals surface area contributed by atoms with Crippen LogP contribution < -0.4 is 5.32 Å². The Bertz CT molecular complexity index is 320. The summed E-state index contributed by atoms with van der Waals surface area (Å²) in [5.41, 5.74) is 1.40. The molecule has 2 aliphatic heterocycles. The second-order valence-corrected chi connectivity index (χ2v) is 5.03. The van der Waals surface area contributed by atoms with E-state index >= 15 is 0 Å². The van der Waals surface area contributed by atoms with Gasteiger partial charge in [0.15, 0.2) is 5.96 Å². The van der Waals surface area contributed by atoms with Crippen LogP contribution in [-0.2, 0) is 0 Å². The molecule has 2 unspecified atom stereocenters. The molecule has 0 spiro atoms. The average molecular weight is 205 g/mol. The zero-order chi connectivity index (χ0) is 10.4. The molecule has 0 aromatic rings. The van der Waals surface area contributed by atoms with Crippen LogP contribution >= 0.6 is 0 Å². The third kappa shape index (κ3) is 1.45. The predicted octanol–water partition coefficient (Wildman–Crippen LogP) is 1.44. The van der Waals surface area contributed by atoms with Gasteiger partial charge in [0.2, 0.25) is 0 Å². The zero-order valence-corrected chi connectivity index (χ0v) is 9.53. The summed E-state index contributed by atoms with van der Waals surface area (Å²) in [6, 6.07) is 0. The molecular formula is C12H19N3. The minimum Gasteiger partial charge on any atom is -0.342 e. The number of fused-ring (bicyclic) bond motifs is 1. The fourth-order valence-corrected chi connectivity index (χ4v) is 2.84. The molecule has 3 heteroatoms. The fourth-order valence-electron chi connectivity index (χ4n) is 2.84. The molecule has 1 saturated carbocycles. The summed E-state index contributed by atoms with van der Waals surface area (Å²) in [7, 11) is 0. The Balaban J connectivity index is 1.60. The Hall–Kier alpha value is -0.990. The standard InChI is InChI=1S/C12H19N3/c1-3-9-4-13-12(14-5-9)15-6-10-8(2)11(10)7-15/h4,8,10-11H,3,5-7H2,1-2H3,(H,13,14)/t8?,10-,11?/m0/s1. The van der Waals surface area contributed by atoms with E-state index in [1.807, 2.05) is 0 Å². The second kappa shape index (κ2) is 3.26. The van der Waals surface area contributed by atoms with Gasteiger partial charge >= 0.3 is 0 Å². The van der Waals surface area contributed by atoms with Crippen molar-refractivity contribution in [3.63, 3.8) is 0 Å². The number of hydrogen-bond acceptors (Lipinski definition) is 3. The molecule has 15 heavy (non-hydrogen) atoms. The van der Waals surface area contributed by atoms with E-state index in [2.05, 4.69) is 35.3 Å². The first-order chi connectivity index (χ1) is 7.29. The van der Waals surface area contributed by atoms with E-state index in [0.717, 1.165) is 36.7 Å². The molecule has 2 fully saturated rings. The highest BCUT2D eigenvalue weighted by atomic mass is 15.3. The fraction of sp³-hybridized carbons (Fsp3) is 0.750. The van der Waals surface area contributed by atoms with Crippen molar-refractivity contribution in [1.29, 1.82) is 0 Å². The normalized spacial score (nSPS) is 38.0. The van der Waals surface area contributed by atoms with Crippen molar-refractivity contribution in [1.82, 2.24) is 10.2 Å². The highest BCUT2D eigenvalue weighted by molar-refractivity contribution is 5.82. The smallest absolute Gasteiger partial charge is 0.198 e. The molecule has 0 aromatic heterocycles. The second-order valence-electron chi connectivity index (χ2n) is 5.03. The van der Waals surface area contributed by atoms with Crippen molar-refractivity contribution < 1.29 is 0 Å². The first-order valence-corrected chi connectivity index (χ1v) is 6.03. The van der Waals surface area contributed by atoms with Crippen molar-refractivity contribution >= 4 is 5.96 Å². The molecular weight excluding hydrogens is 186 g/mol. The monoisotopic (exact) mass is 205 g/mol. The van der Waals surface area contributed by atoms with Gasteiger partial charge in [0, 0.05) is 19.3 Å². The van der Waals surface area contributed by atoms with Crippen LogP contribution in [-0.4, -0.2) is 30.5 Å². The summed E-state index contributed by atoms with van der Waals surface area (Å²) in [4.78, 5) is 7.02. The minimum absolute atomic E-state index is 0.889. The lowest BCUT2D eigenvalue weighted by atomic mass is 10.2. The maximum atomic E-state index is 4.61. The van der Waals surface area contributed by atoms with E-state index in [9.17, 15) is 0 Å². The number of rotatable bonds is 1. The highest BCUT2D eigenvalue weighted by Gasteiger charge is 2.53. The van der Waals surface area contributed by atoms with Crippen molar-refractivity contribution in [2.45, 2.75) is 20.3 Å². The van der Waals surface area contributed by atoms with Crippen LogP contribution in [0, 0.1) is 17.8 Å². The van der Waals surface area contributed by atoms with Crippen LogP contribution in [0.3, 0.4) is 0 Å². The average Bonchev–Trinajstić information content (AvgIpc) is 2.74. The van der Waals surface area contributed by atoms with Gasteiger partial charge in [-0.3, -0.25) is 0 Å². The molecule has 82 valence electrons. The molecule has 1 aliphatic carbocycles. The summed E-state index contributed by atoms with van der Waals surface area (Å²) >= 11 is 0. The van der Waals surface area contributed by atoms with E-state index in [4.69, 9.17) is 0 Å². The first-order valence-electron chi connectivity index (χ1n) is 6.03. The third-order valence-corrected chi connectivity index (χ3v) is 4.21. The number of nitrogens with zero attached hydrogens (tertiary/aromatic N) is 2. The van der Waals surface area contributed by atoms with Crippen LogP contribution in [0.4, 0.5) is 0 Å². The minimum atomic E-state index is 0.889. The summed E-state index contributed by atoms with van der Waals surface area (Å²) in [5, 5.41) is 3.33. The molecule has 3 rings (SSSR count). The van der Waals surface area contributed by atoms with E-state index in [1.54, 1.807) is 0 Å². The Morgan fingerprint density at radius 3 is 2.73 bits per heavy atom. The van der Waals surface area contributed by atoms with E-state index in [0.29, 0.717) is 0 Å². The van der Waals surface area contributed by atoms with Crippen molar-refractivity contribution in [3.8, 4) is 0 Å². The quantitative estimate of drug-likeness (QED) is 0.701. The van der Waals surface area contributed by atoms with E-state index in [1.165, 1.54) is 18.7 Å². The molecule has 3 aliphatic rings. The van der Waals surface area contributed by atoms with E-state index < -0.39 is 0 Å². The van der Waals surface area contributed by atoms with Gasteiger partial charge < -0.3 is 10.2 Å². The molecule has 3 atom stereocenters. The van der Waals surface area contributed by atoms with Crippen LogP contribution in [0.5, 0.6) is 0 Å². The number of piperidine rings is 1. The Kier molecular flexibility index (Phi) is 2.01. The van der Waals surface area contributed by atoms with Gasteiger partial charge in [-0.15, -0.1) is 0 Å². The third-order valence-electron chi connectivity index (χ3n) is 4.21. The number of nitrogens with one attached hydrogen (secondary N) is 1. The molecule has 0 radical (unpaired) electrons. The van der Waals surface area contributed by atoms with Gasteiger partial charge in [0.05, 0.1) is 6.54 Å². The number of guanidine groups is 1. The Morgan fingerprint density at radius 1 is 1.47 bits per heavy atom. The molecule has 2 heterocycles. The van der Waals surface area contributed by atoms with Gasteiger partial charge in [-0.2, -0.15) is 0 Å². The van der Waals surface area contributed by atoms with Gasteiger partial charge in [0.25, 0.3) is 0 Å². The van der Waals surface area contributed by atoms with E-state index in [-0.39, 0.29) is 0 Å². The van der Waals surface area contributed by atoms with Gasteiger partial charge in [-0.25, -0.2) is 4.99 Å². The molecule has 1 N–H and O–H groups in total. The lowest BCUT2D eigenvalue weighted by Crippen LogP contribution is -2.41. The summed E-state index contributed by atoms with van der Waals surface area (Å²) < 4.78 is 0. The van der Waals surface area contributed by atoms with Gasteiger partial charge in [-0.05, 0) is 29.7 Å². The summed E-state index contributed by atoms with van der Waals surface area (Å²) in [6.45, 7) is 7.87. The molecule has 0 bridgehead atoms. The van der Waals surface area contributed by atoms with Crippen molar-refractivity contribution in [3.05, 3.63) is 11.8 Å². The van der Waals surface area contributed by atoms with Crippen LogP contribution in [0.2, 0.25) is 0 Å². The lowest BCUT2D eigenvalue weighted by molar-refractivity contribution is 0.416. The molecule has 0 aromatic carbocycles. The number of likely N-dealkylation sites (tertiary alicyclic amines) is 1. The lowest BCUT2D eigenvalue weighted by Gasteiger charge is -2.25. The molecule has 3 nitrogen and oxygen atoms in total.